The molecule has 1 saturated heterocycles. The Kier molecular flexibility index (Phi) is 7.11. The van der Waals surface area contributed by atoms with Gasteiger partial charge in [0.05, 0.1) is 12.6 Å². The Morgan fingerprint density at radius 3 is 2.72 bits per heavy atom. The van der Waals surface area contributed by atoms with Crippen molar-refractivity contribution in [2.24, 2.45) is 0 Å². The van der Waals surface area contributed by atoms with Crippen LogP contribution in [0, 0.1) is 0 Å². The van der Waals surface area contributed by atoms with Crippen LogP contribution in [0.2, 0.25) is 5.02 Å². The molecule has 1 aliphatic heterocycles. The van der Waals surface area contributed by atoms with Gasteiger partial charge >= 0.3 is 5.97 Å². The van der Waals surface area contributed by atoms with Gasteiger partial charge in [0.25, 0.3) is 0 Å². The topological polar surface area (TPSA) is 98.9 Å². The summed E-state index contributed by atoms with van der Waals surface area (Å²) in [5.41, 5.74) is 1.31. The van der Waals surface area contributed by atoms with Crippen molar-refractivity contribution in [3.63, 3.8) is 0 Å². The number of nitrogens with zero attached hydrogens (tertiary/aromatic N) is 3. The van der Waals surface area contributed by atoms with Crippen molar-refractivity contribution in [2.45, 2.75) is 25.9 Å². The van der Waals surface area contributed by atoms with Crippen molar-refractivity contribution >= 4 is 51.1 Å². The highest BCUT2D eigenvalue weighted by Crippen LogP contribution is 2.39. The molecule has 1 unspecified atom stereocenters. The molecule has 0 saturated carbocycles. The Morgan fingerprint density at radius 2 is 1.97 bits per heavy atom. The third-order valence-corrected chi connectivity index (χ3v) is 6.48. The number of ether oxygens (including phenoxy) is 3. The molecule has 2 aromatic carbocycles. The van der Waals surface area contributed by atoms with Crippen molar-refractivity contribution < 1.29 is 23.4 Å². The van der Waals surface area contributed by atoms with Gasteiger partial charge < -0.3 is 23.9 Å². The maximum Gasteiger partial charge on any atom is 0.303 e. The zero-order chi connectivity index (χ0) is 25.1. The normalized spacial score (nSPS) is 14.8. The lowest BCUT2D eigenvalue weighted by atomic mass is 10.2. The zero-order valence-corrected chi connectivity index (χ0v) is 20.9. The fourth-order valence-electron chi connectivity index (χ4n) is 4.43. The Hall–Kier alpha value is -3.56. The molecule has 0 aliphatic carbocycles. The Bertz CT molecular complexity index is 1390. The van der Waals surface area contributed by atoms with Gasteiger partial charge in [0.1, 0.15) is 35.5 Å². The molecule has 0 amide bonds. The summed E-state index contributed by atoms with van der Waals surface area (Å²) in [6.07, 6.45) is 3.37. The average molecular weight is 511 g/mol. The van der Waals surface area contributed by atoms with Gasteiger partial charge in [-0.15, -0.1) is 0 Å². The molecule has 1 aliphatic rings. The number of fused-ring (bicyclic) bond motifs is 2. The largest absolute Gasteiger partial charge is 0.493 e. The van der Waals surface area contributed by atoms with Crippen molar-refractivity contribution in [3.05, 3.63) is 47.7 Å². The first-order chi connectivity index (χ1) is 17.5. The van der Waals surface area contributed by atoms with E-state index in [-0.39, 0.29) is 18.7 Å². The molecule has 1 atom stereocenters. The molecule has 1 fully saturated rings. The fourth-order valence-corrected chi connectivity index (χ4v) is 4.67. The Labute approximate surface area is 213 Å². The van der Waals surface area contributed by atoms with Gasteiger partial charge in [0, 0.05) is 30.3 Å². The lowest BCUT2D eigenvalue weighted by Crippen LogP contribution is -2.36. The van der Waals surface area contributed by atoms with Crippen LogP contribution >= 0.6 is 11.6 Å². The highest BCUT2D eigenvalue weighted by atomic mass is 35.5. The highest BCUT2D eigenvalue weighted by molar-refractivity contribution is 6.38. The van der Waals surface area contributed by atoms with E-state index >= 15 is 0 Å². The maximum absolute atomic E-state index is 11.6. The molecule has 188 valence electrons. The minimum atomic E-state index is -0.390. The standard InChI is InChI=1S/C26H27ClN4O5/c1-16(32)35-17(13-31-9-5-6-10-31)14-34-23-12-20-19(11-22(23)33-2)25(29-15-28-20)30-26-24(27)18-7-3-4-8-21(18)36-26/h3-4,7-8,11-12,15,17H,5-6,9-10,13-14H2,1-2H3,(H,28,29,30). The number of rotatable bonds is 9. The SMILES string of the molecule is COc1cc2c(Nc3oc4ccccc4c3Cl)ncnc2cc1OCC(CN1CCCC1)OC(C)=O. The van der Waals surface area contributed by atoms with Crippen LogP contribution in [0.3, 0.4) is 0 Å². The summed E-state index contributed by atoms with van der Waals surface area (Å²) in [6.45, 7) is 4.23. The summed E-state index contributed by atoms with van der Waals surface area (Å²) in [5.74, 6) is 1.57. The van der Waals surface area contributed by atoms with E-state index in [9.17, 15) is 4.79 Å². The first kappa shape index (κ1) is 24.1. The molecule has 1 N–H and O–H groups in total. The maximum atomic E-state index is 11.6. The van der Waals surface area contributed by atoms with Gasteiger partial charge in [-0.25, -0.2) is 9.97 Å². The van der Waals surface area contributed by atoms with Crippen LogP contribution in [0.4, 0.5) is 11.7 Å². The molecular weight excluding hydrogens is 484 g/mol. The van der Waals surface area contributed by atoms with E-state index in [0.717, 1.165) is 31.3 Å². The van der Waals surface area contributed by atoms with Crippen LogP contribution in [0.25, 0.3) is 21.9 Å². The van der Waals surface area contributed by atoms with Gasteiger partial charge in [0.2, 0.25) is 5.88 Å². The molecule has 0 bridgehead atoms. The monoisotopic (exact) mass is 510 g/mol. The molecule has 3 heterocycles. The summed E-state index contributed by atoms with van der Waals surface area (Å²) < 4.78 is 23.1. The summed E-state index contributed by atoms with van der Waals surface area (Å²) in [4.78, 5) is 22.7. The summed E-state index contributed by atoms with van der Waals surface area (Å²) in [6, 6.07) is 11.1. The van der Waals surface area contributed by atoms with Crippen LogP contribution < -0.4 is 14.8 Å². The number of benzene rings is 2. The van der Waals surface area contributed by atoms with Gasteiger partial charge in [-0.05, 0) is 44.1 Å². The second kappa shape index (κ2) is 10.6. The van der Waals surface area contributed by atoms with Crippen molar-refractivity contribution in [3.8, 4) is 11.5 Å². The van der Waals surface area contributed by atoms with Crippen molar-refractivity contribution in [1.82, 2.24) is 14.9 Å². The van der Waals surface area contributed by atoms with E-state index in [1.807, 2.05) is 24.3 Å². The van der Waals surface area contributed by atoms with Crippen LogP contribution in [0.15, 0.2) is 47.1 Å². The molecule has 4 aromatic rings. The van der Waals surface area contributed by atoms with Crippen molar-refractivity contribution in [1.29, 1.82) is 0 Å². The molecule has 2 aromatic heterocycles. The molecule has 36 heavy (non-hydrogen) atoms. The number of esters is 1. The molecule has 0 radical (unpaired) electrons. The number of aromatic nitrogens is 2. The summed E-state index contributed by atoms with van der Waals surface area (Å²) in [5, 5.41) is 5.16. The predicted octanol–water partition coefficient (Wildman–Crippen LogP) is 5.19. The van der Waals surface area contributed by atoms with E-state index in [2.05, 4.69) is 20.2 Å². The molecule has 10 heteroatoms. The zero-order valence-electron chi connectivity index (χ0n) is 20.1. The number of para-hydroxylation sites is 1. The smallest absolute Gasteiger partial charge is 0.303 e. The summed E-state index contributed by atoms with van der Waals surface area (Å²) in [7, 11) is 1.56. The number of nitrogens with one attached hydrogen (secondary N) is 1. The van der Waals surface area contributed by atoms with E-state index in [1.165, 1.54) is 13.3 Å². The minimum Gasteiger partial charge on any atom is -0.493 e. The summed E-state index contributed by atoms with van der Waals surface area (Å²) >= 11 is 6.53. The van der Waals surface area contributed by atoms with E-state index < -0.39 is 0 Å². The first-order valence-corrected chi connectivity index (χ1v) is 12.2. The number of halogens is 1. The second-order valence-corrected chi connectivity index (χ2v) is 9.04. The lowest BCUT2D eigenvalue weighted by molar-refractivity contribution is -0.148. The van der Waals surface area contributed by atoms with Gasteiger partial charge in [-0.1, -0.05) is 23.7 Å². The fraction of sp³-hybridized carbons (Fsp3) is 0.346. The number of furan rings is 1. The van der Waals surface area contributed by atoms with Crippen LogP contribution in [0.5, 0.6) is 11.5 Å². The lowest BCUT2D eigenvalue weighted by Gasteiger charge is -2.23. The number of carbonyl (C=O) groups excluding carboxylic acids is 1. The van der Waals surface area contributed by atoms with Gasteiger partial charge in [-0.3, -0.25) is 9.69 Å². The average Bonchev–Trinajstić information content (AvgIpc) is 3.50. The molecule has 5 rings (SSSR count). The Morgan fingerprint density at radius 1 is 1.17 bits per heavy atom. The first-order valence-electron chi connectivity index (χ1n) is 11.8. The van der Waals surface area contributed by atoms with E-state index in [4.69, 9.17) is 30.2 Å². The predicted molar refractivity (Wildman–Crippen MR) is 137 cm³/mol. The molecule has 9 nitrogen and oxygen atoms in total. The van der Waals surface area contributed by atoms with Crippen LogP contribution in [-0.4, -0.2) is 60.3 Å². The van der Waals surface area contributed by atoms with Gasteiger partial charge in [0.15, 0.2) is 11.5 Å². The number of hydrogen-bond donors (Lipinski definition) is 1. The van der Waals surface area contributed by atoms with Crippen LogP contribution in [-0.2, 0) is 9.53 Å². The third kappa shape index (κ3) is 5.17. The second-order valence-electron chi connectivity index (χ2n) is 8.66. The molecular formula is C26H27ClN4O5. The van der Waals surface area contributed by atoms with Crippen LogP contribution in [0.1, 0.15) is 19.8 Å². The number of carbonyl (C=O) groups is 1. The van der Waals surface area contributed by atoms with E-state index in [1.54, 1.807) is 19.2 Å². The quantitative estimate of drug-likeness (QED) is 0.305. The van der Waals surface area contributed by atoms with Crippen molar-refractivity contribution in [2.75, 3.05) is 38.7 Å². The number of anilines is 2. The molecule has 0 spiro atoms. The minimum absolute atomic E-state index is 0.197. The van der Waals surface area contributed by atoms with Gasteiger partial charge in [-0.2, -0.15) is 0 Å². The van der Waals surface area contributed by atoms with E-state index in [0.29, 0.717) is 51.3 Å². The Balaban J connectivity index is 1.39. The number of hydrogen-bond acceptors (Lipinski definition) is 9. The number of likely N-dealkylation sites (tertiary alicyclic amines) is 1. The third-order valence-electron chi connectivity index (χ3n) is 6.11. The number of methoxy groups -OCH3 is 1. The highest BCUT2D eigenvalue weighted by Gasteiger charge is 2.22.